The van der Waals surface area contributed by atoms with Crippen molar-refractivity contribution in [2.45, 2.75) is 42.7 Å². The zero-order chi connectivity index (χ0) is 23.2. The Bertz CT molecular complexity index is 712. The van der Waals surface area contributed by atoms with E-state index in [0.29, 0.717) is 49.3 Å². The summed E-state index contributed by atoms with van der Waals surface area (Å²) in [6, 6.07) is 10.0. The van der Waals surface area contributed by atoms with Crippen LogP contribution in [0.25, 0.3) is 0 Å². The topological polar surface area (TPSA) is 39.2 Å². The second-order valence-electron chi connectivity index (χ2n) is 7.86. The van der Waals surface area contributed by atoms with E-state index in [0.717, 1.165) is 5.69 Å². The van der Waals surface area contributed by atoms with Gasteiger partial charge in [0.05, 0.1) is 6.61 Å². The van der Waals surface area contributed by atoms with Gasteiger partial charge in [-0.1, -0.05) is 42.5 Å². The van der Waals surface area contributed by atoms with Crippen molar-refractivity contribution in [3.05, 3.63) is 106 Å². The van der Waals surface area contributed by atoms with Crippen molar-refractivity contribution in [2.24, 2.45) is 0 Å². The monoisotopic (exact) mass is 471 g/mol. The number of rotatable bonds is 18. The molecule has 1 heterocycles. The van der Waals surface area contributed by atoms with E-state index in [-0.39, 0.29) is 0 Å². The van der Waals surface area contributed by atoms with E-state index in [2.05, 4.69) is 44.5 Å². The minimum atomic E-state index is -3.12. The molecule has 0 atom stereocenters. The van der Waals surface area contributed by atoms with Gasteiger partial charge in [-0.2, -0.15) is 0 Å². The number of allylic oxidation sites excluding steroid dienone is 6. The fourth-order valence-electron chi connectivity index (χ4n) is 4.43. The summed E-state index contributed by atoms with van der Waals surface area (Å²) in [6.45, 7) is 21.3. The second kappa shape index (κ2) is 13.6. The van der Waals surface area contributed by atoms with Crippen LogP contribution >= 0.6 is 6.46 Å². The Morgan fingerprint density at radius 3 is 1.52 bits per heavy atom. The molecular formula is C25H38NO2PSi2. The Labute approximate surface area is 191 Å². The lowest BCUT2D eigenvalue weighted by atomic mass is 10.3. The summed E-state index contributed by atoms with van der Waals surface area (Å²) in [6.07, 6.45) is 13.8. The first-order chi connectivity index (χ1) is 14.9. The van der Waals surface area contributed by atoms with Crippen LogP contribution in [0.3, 0.4) is 0 Å². The van der Waals surface area contributed by atoms with E-state index in [1.54, 1.807) is 6.20 Å². The molecule has 6 heteroatoms. The number of nitrogens with zero attached hydrogens (tertiary/aromatic N) is 1. The highest BCUT2D eigenvalue weighted by atomic mass is 31.7. The van der Waals surface area contributed by atoms with Crippen molar-refractivity contribution in [3.63, 3.8) is 0 Å². The normalized spacial score (nSPS) is 12.0. The third-order valence-corrected chi connectivity index (χ3v) is 35.2. The molecule has 31 heavy (non-hydrogen) atoms. The predicted octanol–water partition coefficient (Wildman–Crippen LogP) is 7.93. The Morgan fingerprint density at radius 1 is 0.774 bits per heavy atom. The first-order valence-electron chi connectivity index (χ1n) is 10.7. The van der Waals surface area contributed by atoms with Gasteiger partial charge in [0.2, 0.25) is 0 Å². The Morgan fingerprint density at radius 2 is 1.19 bits per heavy atom. The zero-order valence-corrected chi connectivity index (χ0v) is 21.8. The summed E-state index contributed by atoms with van der Waals surface area (Å²) < 4.78 is 22.0. The molecule has 0 saturated heterocycles. The maximum atomic E-state index is 15.4. The number of hydrogen-bond donors (Lipinski definition) is 0. The third kappa shape index (κ3) is 6.36. The molecule has 0 radical (unpaired) electrons. The molecular weight excluding hydrogens is 433 g/mol. The minimum absolute atomic E-state index is 0.370. The molecule has 1 aromatic heterocycles. The lowest BCUT2D eigenvalue weighted by Gasteiger charge is -2.47. The van der Waals surface area contributed by atoms with Crippen LogP contribution in [0.4, 0.5) is 0 Å². The smallest absolute Gasteiger partial charge is 0.164 e. The molecule has 0 amide bonds. The van der Waals surface area contributed by atoms with Gasteiger partial charge in [-0.05, 0) is 48.4 Å². The van der Waals surface area contributed by atoms with Gasteiger partial charge < -0.3 is 9.09 Å². The molecule has 0 N–H and O–H groups in total. The molecule has 0 fully saturated rings. The van der Waals surface area contributed by atoms with Gasteiger partial charge in [-0.15, -0.1) is 39.5 Å². The molecule has 0 aliphatic carbocycles. The van der Waals surface area contributed by atoms with Gasteiger partial charge in [0, 0.05) is 18.3 Å². The van der Waals surface area contributed by atoms with Crippen molar-refractivity contribution in [1.82, 2.24) is 4.98 Å². The highest BCUT2D eigenvalue weighted by molar-refractivity contribution is 8.20. The number of pyridine rings is 1. The van der Waals surface area contributed by atoms with Gasteiger partial charge in [-0.25, -0.2) is 0 Å². The summed E-state index contributed by atoms with van der Waals surface area (Å²) >= 11 is 0. The third-order valence-electron chi connectivity index (χ3n) is 5.75. The van der Waals surface area contributed by atoms with Gasteiger partial charge in [0.1, 0.15) is 0 Å². The summed E-state index contributed by atoms with van der Waals surface area (Å²) in [5.41, 5.74) is 0.931. The molecule has 3 nitrogen and oxygen atoms in total. The van der Waals surface area contributed by atoms with E-state index in [1.807, 2.05) is 54.7 Å². The fourth-order valence-corrected chi connectivity index (χ4v) is 37.8. The first-order valence-corrected chi connectivity index (χ1v) is 19.3. The molecule has 0 aliphatic heterocycles. The highest BCUT2D eigenvalue weighted by Crippen LogP contribution is 2.71. The predicted molar refractivity (Wildman–Crippen MR) is 143 cm³/mol. The van der Waals surface area contributed by atoms with Gasteiger partial charge in [0.15, 0.2) is 21.9 Å². The maximum absolute atomic E-state index is 15.4. The van der Waals surface area contributed by atoms with Crippen molar-refractivity contribution in [2.75, 3.05) is 6.61 Å². The summed E-state index contributed by atoms with van der Waals surface area (Å²) in [4.78, 5) is 4.40. The van der Waals surface area contributed by atoms with Crippen LogP contribution in [0.2, 0.25) is 36.3 Å². The molecule has 0 spiro atoms. The van der Waals surface area contributed by atoms with Crippen molar-refractivity contribution in [1.29, 1.82) is 0 Å². The number of hydrogen-bond acceptors (Lipinski definition) is 3. The summed E-state index contributed by atoms with van der Waals surface area (Å²) in [7, 11) is -5.11. The van der Waals surface area contributed by atoms with E-state index in [1.165, 1.54) is 0 Å². The fraction of sp³-hybridized carbons (Fsp3) is 0.320. The van der Waals surface area contributed by atoms with Crippen LogP contribution in [0.1, 0.15) is 5.69 Å². The Balaban J connectivity index is 3.63. The van der Waals surface area contributed by atoms with Crippen LogP contribution < -0.4 is 0 Å². The van der Waals surface area contributed by atoms with E-state index >= 15 is 4.57 Å². The van der Waals surface area contributed by atoms with Crippen LogP contribution in [0, 0.1) is 0 Å². The Kier molecular flexibility index (Phi) is 11.9. The number of aromatic nitrogens is 1. The lowest BCUT2D eigenvalue weighted by molar-refractivity contribution is 0.332. The molecule has 1 aromatic rings. The van der Waals surface area contributed by atoms with Crippen molar-refractivity contribution < 1.29 is 9.09 Å². The van der Waals surface area contributed by atoms with Crippen molar-refractivity contribution >= 4 is 21.9 Å². The van der Waals surface area contributed by atoms with Crippen LogP contribution in [0.5, 0.6) is 0 Å². The molecule has 0 aromatic carbocycles. The molecule has 1 rings (SSSR count). The maximum Gasteiger partial charge on any atom is 0.164 e. The SMILES string of the molecule is C=CC[Si](CC=C)(CC=C)P(=O)(OCCc1ccccn1)[Si](CC=C)(CC=C)CC=C. The lowest BCUT2D eigenvalue weighted by Crippen LogP contribution is -2.47. The van der Waals surface area contributed by atoms with Gasteiger partial charge in [-0.3, -0.25) is 4.98 Å². The van der Waals surface area contributed by atoms with Crippen LogP contribution in [0.15, 0.2) is 100 Å². The molecule has 0 bridgehead atoms. The standard InChI is InChI=1S/C25H38NO2PSi2/c1-7-19-30(20-8-2,21-9-3)29(27,28-18-16-25-15-13-14-17-26-25)31(22-10-4,23-11-5)24-12-6/h7-15,17H,1-6,16,18-24H2. The quantitative estimate of drug-likeness (QED) is 0.124. The average Bonchev–Trinajstić information content (AvgIpc) is 2.75. The van der Waals surface area contributed by atoms with Crippen molar-refractivity contribution in [3.8, 4) is 0 Å². The van der Waals surface area contributed by atoms with E-state index in [4.69, 9.17) is 4.52 Å². The highest BCUT2D eigenvalue weighted by Gasteiger charge is 2.60. The molecule has 168 valence electrons. The second-order valence-corrected chi connectivity index (χ2v) is 27.1. The molecule has 0 unspecified atom stereocenters. The Hall–Kier alpha value is -1.79. The van der Waals surface area contributed by atoms with Gasteiger partial charge >= 0.3 is 0 Å². The van der Waals surface area contributed by atoms with Crippen LogP contribution in [-0.4, -0.2) is 27.1 Å². The zero-order valence-electron chi connectivity index (χ0n) is 18.9. The first kappa shape index (κ1) is 27.2. The summed E-state index contributed by atoms with van der Waals surface area (Å²) in [5, 5.41) is 0. The van der Waals surface area contributed by atoms with Crippen LogP contribution in [-0.2, 0) is 15.5 Å². The van der Waals surface area contributed by atoms with Gasteiger partial charge in [0.25, 0.3) is 0 Å². The largest absolute Gasteiger partial charge is 0.335 e. The molecule has 0 saturated carbocycles. The summed E-state index contributed by atoms with van der Waals surface area (Å²) in [5.74, 6) is 0. The van der Waals surface area contributed by atoms with E-state index in [9.17, 15) is 0 Å². The van der Waals surface area contributed by atoms with E-state index < -0.39 is 21.9 Å². The molecule has 0 aliphatic rings. The average molecular weight is 472 g/mol. The minimum Gasteiger partial charge on any atom is -0.335 e.